The van der Waals surface area contributed by atoms with E-state index >= 15 is 0 Å². The maximum absolute atomic E-state index is 4.21. The Kier molecular flexibility index (Phi) is 3.14. The molecule has 0 bridgehead atoms. The van der Waals surface area contributed by atoms with E-state index in [0.29, 0.717) is 0 Å². The molecule has 1 aromatic rings. The summed E-state index contributed by atoms with van der Waals surface area (Å²) < 4.78 is 2.98. The molecule has 0 atom stereocenters. The molecule has 1 N–H and O–H groups in total. The van der Waals surface area contributed by atoms with Gasteiger partial charge in [-0.25, -0.2) is 0 Å². The summed E-state index contributed by atoms with van der Waals surface area (Å²) in [5.74, 6) is 0. The zero-order valence-corrected chi connectivity index (χ0v) is 8.00. The molecule has 0 saturated heterocycles. The van der Waals surface area contributed by atoms with Crippen LogP contribution in [0.3, 0.4) is 0 Å². The van der Waals surface area contributed by atoms with Gasteiger partial charge in [-0.2, -0.15) is 5.10 Å². The maximum atomic E-state index is 4.21. The third-order valence-corrected chi connectivity index (χ3v) is 1.77. The van der Waals surface area contributed by atoms with E-state index in [4.69, 9.17) is 0 Å². The van der Waals surface area contributed by atoms with E-state index in [0.717, 1.165) is 16.8 Å². The Morgan fingerprint density at radius 2 is 2.60 bits per heavy atom. The number of rotatable bonds is 3. The standard InChI is InChI=1S/C6H10IN3/c1-8-3-5-10-4-2-6(7)9-10/h2,4,8H,3,5H2,1H3. The first-order chi connectivity index (χ1) is 4.83. The van der Waals surface area contributed by atoms with E-state index in [1.165, 1.54) is 0 Å². The van der Waals surface area contributed by atoms with Gasteiger partial charge in [-0.1, -0.05) is 0 Å². The fourth-order valence-electron chi connectivity index (χ4n) is 0.688. The van der Waals surface area contributed by atoms with Gasteiger partial charge in [-0.3, -0.25) is 4.68 Å². The lowest BCUT2D eigenvalue weighted by Crippen LogP contribution is -2.15. The van der Waals surface area contributed by atoms with Crippen molar-refractivity contribution >= 4 is 22.6 Å². The van der Waals surface area contributed by atoms with Crippen LogP contribution in [0.5, 0.6) is 0 Å². The molecule has 10 heavy (non-hydrogen) atoms. The van der Waals surface area contributed by atoms with Gasteiger partial charge in [0.25, 0.3) is 0 Å². The smallest absolute Gasteiger partial charge is 0.123 e. The molecule has 0 saturated carbocycles. The van der Waals surface area contributed by atoms with Crippen molar-refractivity contribution in [3.63, 3.8) is 0 Å². The van der Waals surface area contributed by atoms with Gasteiger partial charge in [0.1, 0.15) is 3.70 Å². The number of likely N-dealkylation sites (N-methyl/N-ethyl adjacent to an activating group) is 1. The third-order valence-electron chi connectivity index (χ3n) is 1.20. The lowest BCUT2D eigenvalue weighted by atomic mass is 10.6. The van der Waals surface area contributed by atoms with E-state index in [2.05, 4.69) is 33.0 Å². The van der Waals surface area contributed by atoms with Crippen LogP contribution in [0.4, 0.5) is 0 Å². The molecule has 0 radical (unpaired) electrons. The Hall–Kier alpha value is -0.100. The van der Waals surface area contributed by atoms with Crippen LogP contribution in [0, 0.1) is 3.70 Å². The van der Waals surface area contributed by atoms with Gasteiger partial charge in [-0.05, 0) is 35.7 Å². The average Bonchev–Trinajstić information content (AvgIpc) is 2.31. The first-order valence-corrected chi connectivity index (χ1v) is 4.24. The Bertz CT molecular complexity index is 197. The van der Waals surface area contributed by atoms with E-state index in [-0.39, 0.29) is 0 Å². The van der Waals surface area contributed by atoms with Crippen molar-refractivity contribution in [3.8, 4) is 0 Å². The van der Waals surface area contributed by atoms with Crippen LogP contribution < -0.4 is 5.32 Å². The van der Waals surface area contributed by atoms with Crippen LogP contribution in [-0.4, -0.2) is 23.4 Å². The molecule has 0 aliphatic rings. The van der Waals surface area contributed by atoms with E-state index < -0.39 is 0 Å². The van der Waals surface area contributed by atoms with Crippen LogP contribution in [-0.2, 0) is 6.54 Å². The zero-order valence-electron chi connectivity index (χ0n) is 5.84. The van der Waals surface area contributed by atoms with Gasteiger partial charge in [0, 0.05) is 12.7 Å². The Morgan fingerprint density at radius 3 is 3.10 bits per heavy atom. The summed E-state index contributed by atoms with van der Waals surface area (Å²) in [4.78, 5) is 0. The van der Waals surface area contributed by atoms with Crippen molar-refractivity contribution in [1.29, 1.82) is 0 Å². The van der Waals surface area contributed by atoms with Gasteiger partial charge in [0.2, 0.25) is 0 Å². The molecule has 1 aromatic heterocycles. The molecule has 0 aliphatic heterocycles. The molecule has 3 nitrogen and oxygen atoms in total. The van der Waals surface area contributed by atoms with Crippen molar-refractivity contribution in [2.45, 2.75) is 6.54 Å². The van der Waals surface area contributed by atoms with E-state index in [1.54, 1.807) is 0 Å². The number of nitrogens with zero attached hydrogens (tertiary/aromatic N) is 2. The summed E-state index contributed by atoms with van der Waals surface area (Å²) in [6.45, 7) is 1.91. The van der Waals surface area contributed by atoms with Crippen molar-refractivity contribution in [2.24, 2.45) is 0 Å². The number of aromatic nitrogens is 2. The number of halogens is 1. The molecular formula is C6H10IN3. The summed E-state index contributed by atoms with van der Waals surface area (Å²) in [6, 6.07) is 2.00. The minimum atomic E-state index is 0.944. The molecule has 0 fully saturated rings. The summed E-state index contributed by atoms with van der Waals surface area (Å²) in [7, 11) is 1.94. The van der Waals surface area contributed by atoms with Crippen molar-refractivity contribution < 1.29 is 0 Å². The normalized spacial score (nSPS) is 10.2. The van der Waals surface area contributed by atoms with Crippen molar-refractivity contribution in [1.82, 2.24) is 15.1 Å². The number of hydrogen-bond donors (Lipinski definition) is 1. The van der Waals surface area contributed by atoms with Crippen molar-refractivity contribution in [3.05, 3.63) is 16.0 Å². The second kappa shape index (κ2) is 3.92. The quantitative estimate of drug-likeness (QED) is 0.802. The fraction of sp³-hybridized carbons (Fsp3) is 0.500. The molecular weight excluding hydrogens is 241 g/mol. The summed E-state index contributed by atoms with van der Waals surface area (Å²) in [5.41, 5.74) is 0. The topological polar surface area (TPSA) is 29.9 Å². The van der Waals surface area contributed by atoms with Gasteiger partial charge in [0.15, 0.2) is 0 Å². The van der Waals surface area contributed by atoms with Crippen LogP contribution in [0.1, 0.15) is 0 Å². The summed E-state index contributed by atoms with van der Waals surface area (Å²) >= 11 is 2.20. The van der Waals surface area contributed by atoms with Crippen LogP contribution in [0.15, 0.2) is 12.3 Å². The van der Waals surface area contributed by atoms with Gasteiger partial charge in [-0.15, -0.1) is 0 Å². The van der Waals surface area contributed by atoms with Gasteiger partial charge >= 0.3 is 0 Å². The third kappa shape index (κ3) is 2.26. The predicted octanol–water partition coefficient (Wildman–Crippen LogP) is 0.707. The van der Waals surface area contributed by atoms with Gasteiger partial charge in [0.05, 0.1) is 6.54 Å². The summed E-state index contributed by atoms with van der Waals surface area (Å²) in [5, 5.41) is 7.27. The molecule has 0 aromatic carbocycles. The predicted molar refractivity (Wildman–Crippen MR) is 48.9 cm³/mol. The lowest BCUT2D eigenvalue weighted by Gasteiger charge is -1.97. The molecule has 0 spiro atoms. The van der Waals surface area contributed by atoms with Crippen molar-refractivity contribution in [2.75, 3.05) is 13.6 Å². The highest BCUT2D eigenvalue weighted by Crippen LogP contribution is 1.97. The first kappa shape index (κ1) is 8.00. The Balaban J connectivity index is 2.42. The highest BCUT2D eigenvalue weighted by atomic mass is 127. The molecule has 1 rings (SSSR count). The van der Waals surface area contributed by atoms with Crippen LogP contribution in [0.25, 0.3) is 0 Å². The highest BCUT2D eigenvalue weighted by molar-refractivity contribution is 14.1. The second-order valence-corrected chi connectivity index (χ2v) is 3.11. The SMILES string of the molecule is CNCCn1ccc(I)n1. The number of hydrogen-bond acceptors (Lipinski definition) is 2. The molecule has 56 valence electrons. The fourth-order valence-corrected chi connectivity index (χ4v) is 1.13. The molecule has 0 unspecified atom stereocenters. The second-order valence-electron chi connectivity index (χ2n) is 2.01. The highest BCUT2D eigenvalue weighted by Gasteiger charge is 1.91. The largest absolute Gasteiger partial charge is 0.318 e. The van der Waals surface area contributed by atoms with Crippen LogP contribution >= 0.6 is 22.6 Å². The average molecular weight is 251 g/mol. The maximum Gasteiger partial charge on any atom is 0.123 e. The number of nitrogens with one attached hydrogen (secondary N) is 1. The molecule has 0 amide bonds. The van der Waals surface area contributed by atoms with E-state index in [9.17, 15) is 0 Å². The van der Waals surface area contributed by atoms with Gasteiger partial charge < -0.3 is 5.32 Å². The van der Waals surface area contributed by atoms with Crippen LogP contribution in [0.2, 0.25) is 0 Å². The van der Waals surface area contributed by atoms with E-state index in [1.807, 2.05) is 24.0 Å². The summed E-state index contributed by atoms with van der Waals surface area (Å²) in [6.07, 6.45) is 1.99. The minimum Gasteiger partial charge on any atom is -0.318 e. The minimum absolute atomic E-state index is 0.944. The molecule has 1 heterocycles. The monoisotopic (exact) mass is 251 g/mol. The Morgan fingerprint density at radius 1 is 1.80 bits per heavy atom. The lowest BCUT2D eigenvalue weighted by molar-refractivity contribution is 0.582. The zero-order chi connectivity index (χ0) is 7.40. The molecule has 0 aliphatic carbocycles. The Labute approximate surface area is 73.9 Å². The molecule has 4 heteroatoms. The first-order valence-electron chi connectivity index (χ1n) is 3.16.